The summed E-state index contributed by atoms with van der Waals surface area (Å²) in [6.45, 7) is 3.17. The van der Waals surface area contributed by atoms with Gasteiger partial charge < -0.3 is 9.84 Å². The molecule has 1 atom stereocenters. The van der Waals surface area contributed by atoms with Gasteiger partial charge >= 0.3 is 11.9 Å². The van der Waals surface area contributed by atoms with Crippen molar-refractivity contribution in [2.45, 2.75) is 6.10 Å². The molecule has 0 saturated heterocycles. The largest absolute Gasteiger partial charge is 0.478 e. The van der Waals surface area contributed by atoms with Crippen molar-refractivity contribution in [3.05, 3.63) is 24.8 Å². The molecule has 0 bridgehead atoms. The summed E-state index contributed by atoms with van der Waals surface area (Å²) in [6.07, 6.45) is 1.32. The fourth-order valence-electron chi connectivity index (χ4n) is 0.469. The van der Waals surface area contributed by atoms with Crippen LogP contribution in [0.4, 0.5) is 0 Å². The predicted octanol–water partition coefficient (Wildman–Crippen LogP) is 0.249. The number of esters is 1. The summed E-state index contributed by atoms with van der Waals surface area (Å²) >= 11 is 0. The van der Waals surface area contributed by atoms with Crippen LogP contribution in [-0.2, 0) is 14.3 Å². The van der Waals surface area contributed by atoms with Crippen molar-refractivity contribution in [2.24, 2.45) is 0 Å². The summed E-state index contributed by atoms with van der Waals surface area (Å²) in [5.74, 6) is -2.21. The van der Waals surface area contributed by atoms with Crippen LogP contribution in [0, 0.1) is 11.3 Å². The maximum Gasteiger partial charge on any atom is 0.349 e. The Kier molecular flexibility index (Phi) is 4.65. The number of carbonyl (C=O) groups is 2. The first kappa shape index (κ1) is 10.9. The molecule has 0 radical (unpaired) electrons. The van der Waals surface area contributed by atoms with E-state index in [1.165, 1.54) is 0 Å². The normalized spacial score (nSPS) is 11.6. The number of nitriles is 1. The fourth-order valence-corrected chi connectivity index (χ4v) is 0.469. The number of nitrogens with zero attached hydrogens (tertiary/aromatic N) is 1. The smallest absolute Gasteiger partial charge is 0.349 e. The number of rotatable bonds is 4. The first-order valence-corrected chi connectivity index (χ1v) is 3.24. The van der Waals surface area contributed by atoms with E-state index in [1.807, 2.05) is 0 Å². The number of ether oxygens (including phenoxy) is 1. The third kappa shape index (κ3) is 4.37. The monoisotopic (exact) mass is 181 g/mol. The van der Waals surface area contributed by atoms with Gasteiger partial charge in [-0.25, -0.2) is 9.59 Å². The summed E-state index contributed by atoms with van der Waals surface area (Å²) in [7, 11) is 0. The molecule has 0 aliphatic rings. The molecule has 1 unspecified atom stereocenters. The minimum Gasteiger partial charge on any atom is -0.478 e. The highest BCUT2D eigenvalue weighted by Gasteiger charge is 2.16. The van der Waals surface area contributed by atoms with Gasteiger partial charge in [0.15, 0.2) is 0 Å². The molecule has 13 heavy (non-hydrogen) atoms. The van der Waals surface area contributed by atoms with E-state index < -0.39 is 18.0 Å². The number of hydrogen-bond acceptors (Lipinski definition) is 4. The van der Waals surface area contributed by atoms with Gasteiger partial charge in [0.2, 0.25) is 6.10 Å². The Balaban J connectivity index is 4.19. The van der Waals surface area contributed by atoms with Gasteiger partial charge in [0.25, 0.3) is 0 Å². The minimum absolute atomic E-state index is 0.833. The van der Waals surface area contributed by atoms with E-state index in [9.17, 15) is 9.59 Å². The molecule has 0 amide bonds. The zero-order chi connectivity index (χ0) is 10.3. The summed E-state index contributed by atoms with van der Waals surface area (Å²) in [5, 5.41) is 16.4. The molecule has 0 saturated carbocycles. The van der Waals surface area contributed by atoms with E-state index >= 15 is 0 Å². The van der Waals surface area contributed by atoms with Crippen LogP contribution in [0.15, 0.2) is 24.8 Å². The van der Waals surface area contributed by atoms with Crippen LogP contribution < -0.4 is 0 Å². The molecule has 1 N–H and O–H groups in total. The minimum atomic E-state index is -1.38. The second-order valence-electron chi connectivity index (χ2n) is 1.89. The fraction of sp³-hybridized carbons (Fsp3) is 0.125. The Bertz CT molecular complexity index is 287. The number of carbonyl (C=O) groups excluding carboxylic acids is 1. The Morgan fingerprint density at radius 3 is 2.62 bits per heavy atom. The Hall–Kier alpha value is -2.09. The lowest BCUT2D eigenvalue weighted by Crippen LogP contribution is -2.23. The van der Waals surface area contributed by atoms with E-state index in [4.69, 9.17) is 10.4 Å². The van der Waals surface area contributed by atoms with E-state index in [0.29, 0.717) is 0 Å². The summed E-state index contributed by atoms with van der Waals surface area (Å²) < 4.78 is 4.37. The van der Waals surface area contributed by atoms with Gasteiger partial charge in [-0.1, -0.05) is 6.58 Å². The van der Waals surface area contributed by atoms with Crippen molar-refractivity contribution >= 4 is 11.9 Å². The van der Waals surface area contributed by atoms with E-state index in [2.05, 4.69) is 11.3 Å². The van der Waals surface area contributed by atoms with Crippen molar-refractivity contribution in [1.82, 2.24) is 0 Å². The van der Waals surface area contributed by atoms with Gasteiger partial charge in [-0.05, 0) is 6.08 Å². The standard InChI is InChI=1S/C8H7NO4/c1-2-6(8(11)12)13-7(10)4-3-5-9/h2-4,6H,1H2,(H,11,12). The molecule has 0 aromatic heterocycles. The van der Waals surface area contributed by atoms with Crippen LogP contribution in [0.3, 0.4) is 0 Å². The lowest BCUT2D eigenvalue weighted by atomic mass is 10.3. The number of hydrogen-bond donors (Lipinski definition) is 1. The van der Waals surface area contributed by atoms with Crippen LogP contribution in [-0.4, -0.2) is 23.1 Å². The van der Waals surface area contributed by atoms with Crippen molar-refractivity contribution in [2.75, 3.05) is 0 Å². The second-order valence-corrected chi connectivity index (χ2v) is 1.89. The molecule has 0 fully saturated rings. The van der Waals surface area contributed by atoms with Gasteiger partial charge in [-0.2, -0.15) is 5.26 Å². The highest BCUT2D eigenvalue weighted by atomic mass is 16.6. The molecule has 5 heteroatoms. The first-order valence-electron chi connectivity index (χ1n) is 3.24. The van der Waals surface area contributed by atoms with Gasteiger partial charge in [0.05, 0.1) is 6.07 Å². The molecule has 0 aliphatic carbocycles. The van der Waals surface area contributed by atoms with Crippen molar-refractivity contribution in [3.63, 3.8) is 0 Å². The summed E-state index contributed by atoms with van der Waals surface area (Å²) in [4.78, 5) is 21.0. The molecular formula is C8H7NO4. The molecule has 5 nitrogen and oxygen atoms in total. The van der Waals surface area contributed by atoms with Crippen LogP contribution in [0.1, 0.15) is 0 Å². The Morgan fingerprint density at radius 1 is 1.62 bits per heavy atom. The van der Waals surface area contributed by atoms with Gasteiger partial charge in [-0.15, -0.1) is 0 Å². The zero-order valence-corrected chi connectivity index (χ0v) is 6.64. The highest BCUT2D eigenvalue weighted by molar-refractivity contribution is 5.86. The third-order valence-electron chi connectivity index (χ3n) is 0.995. The quantitative estimate of drug-likeness (QED) is 0.290. The van der Waals surface area contributed by atoms with E-state index in [0.717, 1.165) is 18.2 Å². The lowest BCUT2D eigenvalue weighted by molar-refractivity contribution is -0.157. The number of allylic oxidation sites excluding steroid dienone is 1. The third-order valence-corrected chi connectivity index (χ3v) is 0.995. The second kappa shape index (κ2) is 5.55. The van der Waals surface area contributed by atoms with Crippen LogP contribution in [0.25, 0.3) is 0 Å². The SMILES string of the molecule is C=CC(OC(=O)C=CC#N)C(=O)O. The Labute approximate surface area is 74.5 Å². The maximum atomic E-state index is 10.7. The summed E-state index contributed by atoms with van der Waals surface area (Å²) in [5.41, 5.74) is 0. The van der Waals surface area contributed by atoms with Crippen LogP contribution in [0.5, 0.6) is 0 Å². The highest BCUT2D eigenvalue weighted by Crippen LogP contribution is 1.95. The summed E-state index contributed by atoms with van der Waals surface area (Å²) in [6, 6.07) is 1.56. The topological polar surface area (TPSA) is 87.4 Å². The molecule has 0 aliphatic heterocycles. The first-order chi connectivity index (χ1) is 6.11. The zero-order valence-electron chi connectivity index (χ0n) is 6.64. The molecule has 0 aromatic rings. The average molecular weight is 181 g/mol. The molecule has 0 spiro atoms. The number of aliphatic carboxylic acids is 1. The predicted molar refractivity (Wildman–Crippen MR) is 42.5 cm³/mol. The van der Waals surface area contributed by atoms with Crippen molar-refractivity contribution in [3.8, 4) is 6.07 Å². The maximum absolute atomic E-state index is 10.7. The van der Waals surface area contributed by atoms with Crippen LogP contribution in [0.2, 0.25) is 0 Å². The number of carboxylic acids is 1. The molecule has 68 valence electrons. The Morgan fingerprint density at radius 2 is 2.23 bits per heavy atom. The lowest BCUT2D eigenvalue weighted by Gasteiger charge is -2.05. The molecule has 0 aromatic carbocycles. The van der Waals surface area contributed by atoms with Crippen LogP contribution >= 0.6 is 0 Å². The van der Waals surface area contributed by atoms with Gasteiger partial charge in [0.1, 0.15) is 0 Å². The molecular weight excluding hydrogens is 174 g/mol. The van der Waals surface area contributed by atoms with E-state index in [1.54, 1.807) is 6.07 Å². The van der Waals surface area contributed by atoms with Crippen molar-refractivity contribution in [1.29, 1.82) is 5.26 Å². The number of carboxylic acid groups (broad SMARTS) is 1. The molecule has 0 rings (SSSR count). The van der Waals surface area contributed by atoms with E-state index in [-0.39, 0.29) is 0 Å². The molecule has 0 heterocycles. The van der Waals surface area contributed by atoms with Gasteiger partial charge in [-0.3, -0.25) is 0 Å². The van der Waals surface area contributed by atoms with Crippen molar-refractivity contribution < 1.29 is 19.4 Å². The van der Waals surface area contributed by atoms with Gasteiger partial charge in [0, 0.05) is 12.2 Å². The average Bonchev–Trinajstić information content (AvgIpc) is 2.10.